The lowest BCUT2D eigenvalue weighted by Gasteiger charge is -2.27. The Morgan fingerprint density at radius 2 is 1.83 bits per heavy atom. The molecule has 1 aromatic rings. The fraction of sp³-hybridized carbons (Fsp3) is 0.636. The molecule has 1 aliphatic heterocycles. The van der Waals surface area contributed by atoms with Crippen LogP contribution in [0.15, 0.2) is 24.3 Å². The first-order chi connectivity index (χ1) is 11.4. The van der Waals surface area contributed by atoms with Crippen molar-refractivity contribution in [3.63, 3.8) is 0 Å². The normalized spacial score (nSPS) is 20.0. The lowest BCUT2D eigenvalue weighted by molar-refractivity contribution is 0.0772. The van der Waals surface area contributed by atoms with Gasteiger partial charge in [0.15, 0.2) is 0 Å². The molecule has 2 aliphatic rings. The Balaban J connectivity index is 1.91. The SMILES string of the molecule is CC=CCOc1cc2c(cc1C(C)(C)C)OC1(CCCCCC1)C2. The Kier molecular flexibility index (Phi) is 4.94. The molecule has 1 aliphatic carbocycles. The van der Waals surface area contributed by atoms with Crippen molar-refractivity contribution in [3.8, 4) is 11.5 Å². The predicted octanol–water partition coefficient (Wildman–Crippen LogP) is 5.97. The lowest BCUT2D eigenvalue weighted by Crippen LogP contribution is -2.33. The number of allylic oxidation sites excluding steroid dienone is 1. The highest BCUT2D eigenvalue weighted by Crippen LogP contribution is 2.46. The Hall–Kier alpha value is -1.44. The van der Waals surface area contributed by atoms with E-state index < -0.39 is 0 Å². The minimum absolute atomic E-state index is 0.0445. The molecule has 0 saturated heterocycles. The highest BCUT2D eigenvalue weighted by atomic mass is 16.5. The Morgan fingerprint density at radius 1 is 1.12 bits per heavy atom. The van der Waals surface area contributed by atoms with E-state index in [-0.39, 0.29) is 11.0 Å². The second-order valence-electron chi connectivity index (χ2n) is 8.46. The van der Waals surface area contributed by atoms with Crippen LogP contribution in [0.25, 0.3) is 0 Å². The van der Waals surface area contributed by atoms with Crippen LogP contribution in [-0.4, -0.2) is 12.2 Å². The van der Waals surface area contributed by atoms with E-state index >= 15 is 0 Å². The van der Waals surface area contributed by atoms with Crippen LogP contribution in [0.4, 0.5) is 0 Å². The van der Waals surface area contributed by atoms with Gasteiger partial charge in [-0.2, -0.15) is 0 Å². The minimum Gasteiger partial charge on any atom is -0.489 e. The van der Waals surface area contributed by atoms with Crippen molar-refractivity contribution in [2.24, 2.45) is 0 Å². The van der Waals surface area contributed by atoms with E-state index in [0.717, 1.165) is 17.9 Å². The highest BCUT2D eigenvalue weighted by Gasteiger charge is 2.40. The molecule has 0 aromatic heterocycles. The summed E-state index contributed by atoms with van der Waals surface area (Å²) < 4.78 is 12.6. The van der Waals surface area contributed by atoms with Crippen LogP contribution in [0.2, 0.25) is 0 Å². The summed E-state index contributed by atoms with van der Waals surface area (Å²) >= 11 is 0. The molecule has 1 spiro atoms. The molecular formula is C22H32O2. The van der Waals surface area contributed by atoms with Crippen molar-refractivity contribution >= 4 is 0 Å². The Morgan fingerprint density at radius 3 is 2.46 bits per heavy atom. The van der Waals surface area contributed by atoms with Crippen molar-refractivity contribution in [1.82, 2.24) is 0 Å². The van der Waals surface area contributed by atoms with E-state index in [9.17, 15) is 0 Å². The molecule has 1 fully saturated rings. The number of fused-ring (bicyclic) bond motifs is 1. The van der Waals surface area contributed by atoms with E-state index in [4.69, 9.17) is 9.47 Å². The average Bonchev–Trinajstić information content (AvgIpc) is 2.70. The lowest BCUT2D eigenvalue weighted by atomic mass is 9.84. The molecule has 132 valence electrons. The smallest absolute Gasteiger partial charge is 0.124 e. The summed E-state index contributed by atoms with van der Waals surface area (Å²) in [4.78, 5) is 0. The number of benzene rings is 1. The van der Waals surface area contributed by atoms with Gasteiger partial charge in [-0.25, -0.2) is 0 Å². The zero-order valence-corrected chi connectivity index (χ0v) is 15.8. The van der Waals surface area contributed by atoms with Crippen molar-refractivity contribution in [1.29, 1.82) is 0 Å². The van der Waals surface area contributed by atoms with Crippen LogP contribution >= 0.6 is 0 Å². The van der Waals surface area contributed by atoms with Gasteiger partial charge in [0.2, 0.25) is 0 Å². The van der Waals surface area contributed by atoms with Crippen molar-refractivity contribution < 1.29 is 9.47 Å². The fourth-order valence-corrected chi connectivity index (χ4v) is 4.04. The van der Waals surface area contributed by atoms with Crippen LogP contribution in [0.5, 0.6) is 11.5 Å². The van der Waals surface area contributed by atoms with Gasteiger partial charge in [-0.05, 0) is 50.2 Å². The molecule has 0 bridgehead atoms. The van der Waals surface area contributed by atoms with Crippen molar-refractivity contribution in [3.05, 3.63) is 35.4 Å². The molecule has 0 N–H and O–H groups in total. The summed E-state index contributed by atoms with van der Waals surface area (Å²) in [5, 5.41) is 0. The first-order valence-electron chi connectivity index (χ1n) is 9.54. The second-order valence-corrected chi connectivity index (χ2v) is 8.46. The number of hydrogen-bond acceptors (Lipinski definition) is 2. The topological polar surface area (TPSA) is 18.5 Å². The van der Waals surface area contributed by atoms with E-state index in [1.54, 1.807) is 0 Å². The summed E-state index contributed by atoms with van der Waals surface area (Å²) in [5.41, 5.74) is 2.68. The summed E-state index contributed by atoms with van der Waals surface area (Å²) in [5.74, 6) is 2.12. The summed E-state index contributed by atoms with van der Waals surface area (Å²) in [7, 11) is 0. The maximum Gasteiger partial charge on any atom is 0.124 e. The standard InChI is InChI=1S/C22H32O2/c1-5-6-13-23-20-14-17-16-22(11-9-7-8-10-12-22)24-19(17)15-18(20)21(2,3)4/h5-6,14-15H,7-13,16H2,1-4H3. The first-order valence-corrected chi connectivity index (χ1v) is 9.54. The molecule has 1 heterocycles. The van der Waals surface area contributed by atoms with Gasteiger partial charge < -0.3 is 9.47 Å². The first kappa shape index (κ1) is 17.4. The summed E-state index contributed by atoms with van der Waals surface area (Å²) in [6, 6.07) is 4.50. The molecule has 1 aromatic carbocycles. The molecule has 24 heavy (non-hydrogen) atoms. The van der Waals surface area contributed by atoms with Gasteiger partial charge in [0, 0.05) is 17.5 Å². The minimum atomic E-state index is 0.0445. The summed E-state index contributed by atoms with van der Waals surface area (Å²) in [6.07, 6.45) is 12.8. The largest absolute Gasteiger partial charge is 0.489 e. The predicted molar refractivity (Wildman–Crippen MR) is 100 cm³/mol. The Bertz CT molecular complexity index is 599. The third kappa shape index (κ3) is 3.63. The van der Waals surface area contributed by atoms with Crippen molar-refractivity contribution in [2.45, 2.75) is 83.7 Å². The average molecular weight is 328 g/mol. The van der Waals surface area contributed by atoms with Crippen LogP contribution in [0.3, 0.4) is 0 Å². The maximum absolute atomic E-state index is 6.56. The van der Waals surface area contributed by atoms with Gasteiger partial charge in [-0.1, -0.05) is 45.8 Å². The monoisotopic (exact) mass is 328 g/mol. The number of hydrogen-bond donors (Lipinski definition) is 0. The molecule has 0 unspecified atom stereocenters. The van der Waals surface area contributed by atoms with Gasteiger partial charge in [-0.15, -0.1) is 0 Å². The fourth-order valence-electron chi connectivity index (χ4n) is 4.04. The number of rotatable bonds is 3. The van der Waals surface area contributed by atoms with Gasteiger partial charge in [-0.3, -0.25) is 0 Å². The third-order valence-corrected chi connectivity index (χ3v) is 5.40. The molecule has 1 saturated carbocycles. The van der Waals surface area contributed by atoms with E-state index in [1.807, 2.05) is 13.0 Å². The molecular weight excluding hydrogens is 296 g/mol. The van der Waals surface area contributed by atoms with Crippen LogP contribution in [-0.2, 0) is 11.8 Å². The van der Waals surface area contributed by atoms with E-state index in [0.29, 0.717) is 6.61 Å². The van der Waals surface area contributed by atoms with Gasteiger partial charge >= 0.3 is 0 Å². The maximum atomic E-state index is 6.56. The van der Waals surface area contributed by atoms with Crippen LogP contribution in [0, 0.1) is 0 Å². The molecule has 2 nitrogen and oxygen atoms in total. The zero-order chi connectivity index (χ0) is 17.2. The van der Waals surface area contributed by atoms with E-state index in [1.165, 1.54) is 49.7 Å². The highest BCUT2D eigenvalue weighted by molar-refractivity contribution is 5.52. The van der Waals surface area contributed by atoms with Gasteiger partial charge in [0.1, 0.15) is 23.7 Å². The van der Waals surface area contributed by atoms with Gasteiger partial charge in [0.25, 0.3) is 0 Å². The van der Waals surface area contributed by atoms with E-state index in [2.05, 4.69) is 39.0 Å². The number of ether oxygens (including phenoxy) is 2. The molecule has 2 heteroatoms. The van der Waals surface area contributed by atoms with Crippen molar-refractivity contribution in [2.75, 3.05) is 6.61 Å². The molecule has 0 radical (unpaired) electrons. The van der Waals surface area contributed by atoms with Crippen LogP contribution < -0.4 is 9.47 Å². The molecule has 3 rings (SSSR count). The molecule has 0 amide bonds. The van der Waals surface area contributed by atoms with Crippen LogP contribution in [0.1, 0.15) is 77.3 Å². The Labute approximate surface area is 147 Å². The zero-order valence-electron chi connectivity index (χ0n) is 15.8. The van der Waals surface area contributed by atoms with Gasteiger partial charge in [0.05, 0.1) is 0 Å². The quantitative estimate of drug-likeness (QED) is 0.637. The third-order valence-electron chi connectivity index (χ3n) is 5.40. The molecule has 0 atom stereocenters. The summed E-state index contributed by atoms with van der Waals surface area (Å²) in [6.45, 7) is 9.39. The second kappa shape index (κ2) is 6.82.